The summed E-state index contributed by atoms with van der Waals surface area (Å²) in [5, 5.41) is 11.9. The van der Waals surface area contributed by atoms with Crippen LogP contribution in [0.3, 0.4) is 0 Å². The predicted octanol–water partition coefficient (Wildman–Crippen LogP) is 4.00. The number of carboxylic acid groups (broad SMARTS) is 1. The van der Waals surface area contributed by atoms with Gasteiger partial charge in [0.25, 0.3) is 12.3 Å². The number of rotatable bonds is 5. The van der Waals surface area contributed by atoms with E-state index in [4.69, 9.17) is 0 Å². The summed E-state index contributed by atoms with van der Waals surface area (Å²) in [6.45, 7) is 5.42. The molecule has 204 valence electrons. The number of nitrogens with zero attached hydrogens (tertiary/aromatic N) is 3. The highest BCUT2D eigenvalue weighted by molar-refractivity contribution is 6.07. The summed E-state index contributed by atoms with van der Waals surface area (Å²) in [6, 6.07) is 3.71. The van der Waals surface area contributed by atoms with E-state index in [9.17, 15) is 28.3 Å². The third kappa shape index (κ3) is 5.54. The van der Waals surface area contributed by atoms with Crippen LogP contribution in [0.25, 0.3) is 5.57 Å². The first kappa shape index (κ1) is 27.2. The first-order valence-corrected chi connectivity index (χ1v) is 12.3. The Bertz CT molecular complexity index is 1320. The summed E-state index contributed by atoms with van der Waals surface area (Å²) in [4.78, 5) is 43.6. The predicted molar refractivity (Wildman–Crippen MR) is 137 cm³/mol. The van der Waals surface area contributed by atoms with Gasteiger partial charge in [0.05, 0.1) is 16.9 Å². The van der Waals surface area contributed by atoms with Crippen LogP contribution in [-0.4, -0.2) is 77.2 Å². The van der Waals surface area contributed by atoms with Crippen LogP contribution >= 0.6 is 0 Å². The van der Waals surface area contributed by atoms with Crippen LogP contribution in [0.5, 0.6) is 0 Å². The number of benzene rings is 1. The van der Waals surface area contributed by atoms with E-state index in [0.717, 1.165) is 6.20 Å². The first-order valence-electron chi connectivity index (χ1n) is 12.3. The molecule has 2 aliphatic rings. The summed E-state index contributed by atoms with van der Waals surface area (Å²) < 4.78 is 42.7. The zero-order valence-electron chi connectivity index (χ0n) is 21.3. The standard InChI is InChI=1S/C26H30F3N5O4/c1-14-12-34(13-15(2)32(14)3)22-10-20(27)17(16-4-6-33(7-5-16)26(37)38)8-21(22)31-25(36)19-11-30-23(35)9-18(19)24(28)29/h4,8-11,14-15,24H,5-7,12-13H2,1-3H3,(H,30,35)(H,31,36)(H,37,38)/t14-,15+. The van der Waals surface area contributed by atoms with Crippen molar-refractivity contribution in [2.75, 3.05) is 43.4 Å². The van der Waals surface area contributed by atoms with Crippen LogP contribution < -0.4 is 15.8 Å². The molecule has 2 aromatic rings. The Balaban J connectivity index is 1.76. The fourth-order valence-electron chi connectivity index (χ4n) is 4.91. The maximum atomic E-state index is 15.5. The molecule has 3 N–H and O–H groups in total. The van der Waals surface area contributed by atoms with Crippen molar-refractivity contribution >= 4 is 28.9 Å². The van der Waals surface area contributed by atoms with Crippen LogP contribution in [0.4, 0.5) is 29.3 Å². The second kappa shape index (κ2) is 10.9. The normalized spacial score (nSPS) is 20.4. The average Bonchev–Trinajstić information content (AvgIpc) is 2.87. The number of carbonyl (C=O) groups excluding carboxylic acids is 1. The van der Waals surface area contributed by atoms with Crippen LogP contribution in [0.2, 0.25) is 0 Å². The highest BCUT2D eigenvalue weighted by Crippen LogP contribution is 2.36. The number of aromatic amines is 1. The molecule has 1 fully saturated rings. The van der Waals surface area contributed by atoms with E-state index >= 15 is 4.39 Å². The SMILES string of the molecule is C[C@@H]1CN(c2cc(F)c(C3=CCN(C(=O)O)CC3)cc2NC(=O)c2c[nH]c(=O)cc2C(F)F)C[C@H](C)N1C. The minimum atomic E-state index is -3.05. The first-order chi connectivity index (χ1) is 18.0. The molecule has 0 spiro atoms. The van der Waals surface area contributed by atoms with Crippen LogP contribution in [0, 0.1) is 5.82 Å². The van der Waals surface area contributed by atoms with Gasteiger partial charge in [-0.1, -0.05) is 6.08 Å². The van der Waals surface area contributed by atoms with Gasteiger partial charge in [0.15, 0.2) is 0 Å². The molecule has 2 amide bonds. The Morgan fingerprint density at radius 2 is 1.84 bits per heavy atom. The maximum absolute atomic E-state index is 15.5. The van der Waals surface area contributed by atoms with Crippen molar-refractivity contribution < 1.29 is 27.9 Å². The molecular weight excluding hydrogens is 503 g/mol. The van der Waals surface area contributed by atoms with Crippen molar-refractivity contribution in [2.24, 2.45) is 0 Å². The molecule has 2 aliphatic heterocycles. The quantitative estimate of drug-likeness (QED) is 0.536. The Morgan fingerprint density at radius 1 is 1.16 bits per heavy atom. The molecule has 12 heteroatoms. The van der Waals surface area contributed by atoms with Gasteiger partial charge < -0.3 is 25.2 Å². The third-order valence-electron chi connectivity index (χ3n) is 7.30. The van der Waals surface area contributed by atoms with Gasteiger partial charge in [0, 0.05) is 61.7 Å². The minimum absolute atomic E-state index is 0.0934. The lowest BCUT2D eigenvalue weighted by molar-refractivity contribution is 0.101. The summed E-state index contributed by atoms with van der Waals surface area (Å²) in [7, 11) is 2.00. The Hall–Kier alpha value is -3.80. The number of piperazine rings is 1. The van der Waals surface area contributed by atoms with Gasteiger partial charge in [0.1, 0.15) is 5.82 Å². The Morgan fingerprint density at radius 3 is 2.42 bits per heavy atom. The summed E-state index contributed by atoms with van der Waals surface area (Å²) in [5.41, 5.74) is -0.464. The second-order valence-corrected chi connectivity index (χ2v) is 9.75. The van der Waals surface area contributed by atoms with Gasteiger partial charge in [-0.3, -0.25) is 14.5 Å². The van der Waals surface area contributed by atoms with Crippen molar-refractivity contribution in [3.8, 4) is 0 Å². The highest BCUT2D eigenvalue weighted by Gasteiger charge is 2.30. The zero-order valence-corrected chi connectivity index (χ0v) is 21.3. The monoisotopic (exact) mass is 533 g/mol. The molecule has 3 heterocycles. The number of hydrogen-bond donors (Lipinski definition) is 3. The highest BCUT2D eigenvalue weighted by atomic mass is 19.3. The number of carbonyl (C=O) groups is 2. The van der Waals surface area contributed by atoms with Crippen LogP contribution in [0.15, 0.2) is 35.3 Å². The molecule has 1 saturated heterocycles. The largest absolute Gasteiger partial charge is 0.465 e. The maximum Gasteiger partial charge on any atom is 0.407 e. The lowest BCUT2D eigenvalue weighted by Gasteiger charge is -2.44. The summed E-state index contributed by atoms with van der Waals surface area (Å²) in [6.07, 6.45) is -1.29. The number of hydrogen-bond acceptors (Lipinski definition) is 5. The minimum Gasteiger partial charge on any atom is -0.465 e. The third-order valence-corrected chi connectivity index (χ3v) is 7.30. The molecule has 1 aromatic heterocycles. The lowest BCUT2D eigenvalue weighted by Crippen LogP contribution is -2.55. The summed E-state index contributed by atoms with van der Waals surface area (Å²) >= 11 is 0. The average molecular weight is 534 g/mol. The number of alkyl halides is 2. The van der Waals surface area contributed by atoms with Crippen LogP contribution in [0.1, 0.15) is 48.2 Å². The molecule has 0 radical (unpaired) electrons. The van der Waals surface area contributed by atoms with Gasteiger partial charge >= 0.3 is 6.09 Å². The molecule has 38 heavy (non-hydrogen) atoms. The molecule has 0 saturated carbocycles. The number of pyridine rings is 1. The van der Waals surface area contributed by atoms with Crippen molar-refractivity contribution in [3.05, 3.63) is 63.3 Å². The molecule has 0 aliphatic carbocycles. The molecule has 4 rings (SSSR count). The zero-order chi connectivity index (χ0) is 27.7. The van der Waals surface area contributed by atoms with E-state index in [1.807, 2.05) is 25.8 Å². The Labute approximate surface area is 217 Å². The van der Waals surface area contributed by atoms with Gasteiger partial charge in [-0.2, -0.15) is 0 Å². The molecule has 0 unspecified atom stereocenters. The molecule has 9 nitrogen and oxygen atoms in total. The van der Waals surface area contributed by atoms with E-state index in [-0.39, 0.29) is 42.8 Å². The van der Waals surface area contributed by atoms with Crippen molar-refractivity contribution in [2.45, 2.75) is 38.8 Å². The van der Waals surface area contributed by atoms with Gasteiger partial charge in [-0.15, -0.1) is 0 Å². The van der Waals surface area contributed by atoms with E-state index in [1.165, 1.54) is 17.0 Å². The number of anilines is 2. The van der Waals surface area contributed by atoms with Crippen molar-refractivity contribution in [3.63, 3.8) is 0 Å². The second-order valence-electron chi connectivity index (χ2n) is 9.75. The summed E-state index contributed by atoms with van der Waals surface area (Å²) in [5.74, 6) is -1.41. The van der Waals surface area contributed by atoms with E-state index < -0.39 is 40.9 Å². The molecule has 2 atom stereocenters. The van der Waals surface area contributed by atoms with Crippen molar-refractivity contribution in [1.29, 1.82) is 0 Å². The molecular formula is C26H30F3N5O4. The lowest BCUT2D eigenvalue weighted by atomic mass is 9.97. The number of halogens is 3. The number of amides is 2. The number of nitrogens with one attached hydrogen (secondary N) is 2. The number of likely N-dealkylation sites (N-methyl/N-ethyl adjacent to an activating group) is 1. The Kier molecular flexibility index (Phi) is 7.81. The molecule has 1 aromatic carbocycles. The van der Waals surface area contributed by atoms with Gasteiger partial charge in [-0.25, -0.2) is 18.0 Å². The van der Waals surface area contributed by atoms with Gasteiger partial charge in [-0.05, 0) is 45.0 Å². The number of H-pyrrole nitrogens is 1. The fraction of sp³-hybridized carbons (Fsp3) is 0.423. The van der Waals surface area contributed by atoms with E-state index in [0.29, 0.717) is 30.4 Å². The number of aromatic nitrogens is 1. The fourth-order valence-corrected chi connectivity index (χ4v) is 4.91. The van der Waals surface area contributed by atoms with E-state index in [2.05, 4.69) is 15.2 Å². The van der Waals surface area contributed by atoms with Gasteiger partial charge in [0.2, 0.25) is 5.56 Å². The van der Waals surface area contributed by atoms with Crippen LogP contribution in [-0.2, 0) is 0 Å². The smallest absolute Gasteiger partial charge is 0.407 e. The van der Waals surface area contributed by atoms with Crippen molar-refractivity contribution in [1.82, 2.24) is 14.8 Å². The van der Waals surface area contributed by atoms with E-state index in [1.54, 1.807) is 6.08 Å². The topological polar surface area (TPSA) is 109 Å². The molecule has 0 bridgehead atoms.